The van der Waals surface area contributed by atoms with E-state index in [0.29, 0.717) is 0 Å². The number of ether oxygens (including phenoxy) is 3. The van der Waals surface area contributed by atoms with E-state index >= 15 is 0 Å². The summed E-state index contributed by atoms with van der Waals surface area (Å²) in [5.74, 6) is -0.665. The summed E-state index contributed by atoms with van der Waals surface area (Å²) in [5.41, 5.74) is -2.89. The molecule has 152 valence electrons. The molecule has 1 aliphatic heterocycles. The molecule has 0 saturated carbocycles. The number of hydrogen-bond acceptors (Lipinski definition) is 7. The first-order chi connectivity index (χ1) is 12.3. The number of piperazine rings is 1. The van der Waals surface area contributed by atoms with E-state index in [1.165, 1.54) is 16.9 Å². The van der Waals surface area contributed by atoms with Crippen LogP contribution in [0.2, 0.25) is 0 Å². The molecule has 0 aromatic heterocycles. The van der Waals surface area contributed by atoms with E-state index in [4.69, 9.17) is 16.9 Å². The quantitative estimate of drug-likeness (QED) is 0.285. The molecule has 1 unspecified atom stereocenters. The van der Waals surface area contributed by atoms with Crippen molar-refractivity contribution < 1.29 is 31.3 Å². The topological polar surface area (TPSA) is 94.6 Å². The van der Waals surface area contributed by atoms with E-state index in [1.54, 1.807) is 41.5 Å². The maximum atomic E-state index is 12.7. The summed E-state index contributed by atoms with van der Waals surface area (Å²) in [4.78, 5) is 40.7. The van der Waals surface area contributed by atoms with Crippen molar-refractivity contribution in [3.63, 3.8) is 0 Å². The van der Waals surface area contributed by atoms with E-state index in [-0.39, 0.29) is 52.5 Å². The van der Waals surface area contributed by atoms with Gasteiger partial charge in [0.05, 0.1) is 0 Å². The third-order valence-corrected chi connectivity index (χ3v) is 4.36. The van der Waals surface area contributed by atoms with Gasteiger partial charge >= 0.3 is 177 Å². The van der Waals surface area contributed by atoms with Crippen LogP contribution in [-0.4, -0.2) is 104 Å². The van der Waals surface area contributed by atoms with Crippen molar-refractivity contribution in [1.29, 1.82) is 0 Å². The molecule has 1 fully saturated rings. The predicted molar refractivity (Wildman–Crippen MR) is 97.2 cm³/mol. The Morgan fingerprint density at radius 1 is 0.963 bits per heavy atom. The van der Waals surface area contributed by atoms with E-state index in [1.807, 2.05) is 0 Å². The SMILES string of the molecule is COC(=O)C1(C[O][Tl])CN(C(=O)OC(C)(C)C)CCN1C(=O)OC(C)(C)C. The molecule has 0 spiro atoms. The third kappa shape index (κ3) is 6.47. The number of methoxy groups -OCH3 is 1. The Balaban J connectivity index is 3.21. The first kappa shape index (κ1) is 23.9. The zero-order valence-electron chi connectivity index (χ0n) is 17.2. The van der Waals surface area contributed by atoms with Crippen LogP contribution < -0.4 is 0 Å². The van der Waals surface area contributed by atoms with Crippen LogP contribution in [0.4, 0.5) is 9.59 Å². The van der Waals surface area contributed by atoms with Crippen molar-refractivity contribution in [2.45, 2.75) is 58.3 Å². The van der Waals surface area contributed by atoms with Crippen LogP contribution in [0.15, 0.2) is 0 Å². The number of carbonyl (C=O) groups is 3. The molecule has 1 rings (SSSR count). The molecular weight excluding hydrogens is 549 g/mol. The number of nitrogens with zero attached hydrogens (tertiary/aromatic N) is 2. The molecule has 10 heteroatoms. The van der Waals surface area contributed by atoms with Crippen molar-refractivity contribution in [3.05, 3.63) is 0 Å². The molecule has 0 bridgehead atoms. The molecule has 0 aromatic carbocycles. The Hall–Kier alpha value is -1.11. The second-order valence-corrected chi connectivity index (χ2v) is 9.66. The third-order valence-electron chi connectivity index (χ3n) is 3.72. The van der Waals surface area contributed by atoms with Crippen LogP contribution in [0.3, 0.4) is 0 Å². The van der Waals surface area contributed by atoms with Gasteiger partial charge < -0.3 is 0 Å². The van der Waals surface area contributed by atoms with Crippen LogP contribution in [0.5, 0.6) is 0 Å². The molecular formula is C17H29N2O7Tl. The number of rotatable bonds is 3. The molecule has 0 radical (unpaired) electrons. The number of esters is 1. The molecule has 1 aliphatic rings. The van der Waals surface area contributed by atoms with Gasteiger partial charge in [-0.2, -0.15) is 0 Å². The minimum absolute atomic E-state index is 0.0805. The summed E-state index contributed by atoms with van der Waals surface area (Å²) < 4.78 is 21.2. The van der Waals surface area contributed by atoms with E-state index in [2.05, 4.69) is 0 Å². The normalized spacial score (nSPS) is 20.8. The molecule has 0 aromatic rings. The number of carbonyl (C=O) groups excluding carboxylic acids is 3. The Kier molecular flexibility index (Phi) is 7.91. The van der Waals surface area contributed by atoms with Crippen LogP contribution in [-0.2, 0) is 21.7 Å². The fourth-order valence-corrected chi connectivity index (χ4v) is 3.74. The fourth-order valence-electron chi connectivity index (χ4n) is 2.67. The van der Waals surface area contributed by atoms with Crippen molar-refractivity contribution in [2.24, 2.45) is 0 Å². The monoisotopic (exact) mass is 578 g/mol. The molecule has 27 heavy (non-hydrogen) atoms. The Labute approximate surface area is 176 Å². The average molecular weight is 578 g/mol. The van der Waals surface area contributed by atoms with Gasteiger partial charge in [-0.15, -0.1) is 0 Å². The van der Waals surface area contributed by atoms with Gasteiger partial charge in [0.25, 0.3) is 0 Å². The van der Waals surface area contributed by atoms with Crippen LogP contribution in [0.1, 0.15) is 41.5 Å². The molecule has 1 saturated heterocycles. The van der Waals surface area contributed by atoms with Gasteiger partial charge in [0, 0.05) is 0 Å². The minimum atomic E-state index is -1.49. The van der Waals surface area contributed by atoms with Crippen molar-refractivity contribution in [3.8, 4) is 0 Å². The predicted octanol–water partition coefficient (Wildman–Crippen LogP) is 1.49. The fraction of sp³-hybridized carbons (Fsp3) is 0.824. The van der Waals surface area contributed by atoms with Gasteiger partial charge in [-0.1, -0.05) is 0 Å². The van der Waals surface area contributed by atoms with Gasteiger partial charge in [0.2, 0.25) is 0 Å². The summed E-state index contributed by atoms with van der Waals surface area (Å²) in [6.45, 7) is 10.6. The van der Waals surface area contributed by atoms with E-state index in [0.717, 1.165) is 0 Å². The van der Waals surface area contributed by atoms with Gasteiger partial charge in [-0.25, -0.2) is 0 Å². The van der Waals surface area contributed by atoms with E-state index < -0.39 is 34.9 Å². The van der Waals surface area contributed by atoms with Crippen molar-refractivity contribution >= 4 is 44.4 Å². The van der Waals surface area contributed by atoms with Crippen molar-refractivity contribution in [2.75, 3.05) is 33.4 Å². The summed E-state index contributed by atoms with van der Waals surface area (Å²) in [7, 11) is 1.24. The van der Waals surface area contributed by atoms with Gasteiger partial charge in [-0.3, -0.25) is 0 Å². The summed E-state index contributed by atoms with van der Waals surface area (Å²) in [6, 6.07) is 0. The molecule has 1 atom stereocenters. The number of hydrogen-bond donors (Lipinski definition) is 0. The first-order valence-electron chi connectivity index (χ1n) is 8.64. The average Bonchev–Trinajstić information content (AvgIpc) is 2.50. The molecule has 2 amide bonds. The van der Waals surface area contributed by atoms with Crippen LogP contribution in [0, 0.1) is 0 Å². The molecule has 9 nitrogen and oxygen atoms in total. The Bertz CT molecular complexity index is 571. The Morgan fingerprint density at radius 2 is 1.48 bits per heavy atom. The van der Waals surface area contributed by atoms with Crippen molar-refractivity contribution in [1.82, 2.24) is 9.80 Å². The van der Waals surface area contributed by atoms with Gasteiger partial charge in [-0.05, 0) is 0 Å². The molecule has 1 heterocycles. The standard InChI is InChI=1S/C17H29N2O7.Tl/c1-15(2,3)25-13(22)18-8-9-19(14(23)26-16(4,5)6)17(10-18,11-20)12(21)24-7;/h8-11H2,1-7H3;/q-1;+1. The summed E-state index contributed by atoms with van der Waals surface area (Å²) >= 11 is 0.133. The second-order valence-electron chi connectivity index (χ2n) is 8.37. The van der Waals surface area contributed by atoms with E-state index in [9.17, 15) is 14.4 Å². The second kappa shape index (κ2) is 8.93. The van der Waals surface area contributed by atoms with Gasteiger partial charge in [0.1, 0.15) is 0 Å². The Morgan fingerprint density at radius 3 is 1.93 bits per heavy atom. The maximum absolute atomic E-state index is 12.7. The summed E-state index contributed by atoms with van der Waals surface area (Å²) in [5, 5.41) is 0. The van der Waals surface area contributed by atoms with Crippen LogP contribution >= 0.6 is 0 Å². The zero-order valence-corrected chi connectivity index (χ0v) is 21.6. The van der Waals surface area contributed by atoms with Crippen LogP contribution in [0.25, 0.3) is 0 Å². The molecule has 0 N–H and O–H groups in total. The summed E-state index contributed by atoms with van der Waals surface area (Å²) in [6.07, 6.45) is -1.21. The molecule has 0 aliphatic carbocycles. The van der Waals surface area contributed by atoms with Gasteiger partial charge in [0.15, 0.2) is 0 Å². The number of amides is 2. The zero-order chi connectivity index (χ0) is 21.0. The first-order valence-corrected chi connectivity index (χ1v) is 10.5.